The van der Waals surface area contributed by atoms with Crippen molar-refractivity contribution in [1.29, 1.82) is 0 Å². The Kier molecular flexibility index (Phi) is 3.97. The van der Waals surface area contributed by atoms with E-state index < -0.39 is 0 Å². The molecule has 1 aromatic carbocycles. The second-order valence-electron chi connectivity index (χ2n) is 3.67. The minimum Gasteiger partial charge on any atom is -0.497 e. The van der Waals surface area contributed by atoms with Crippen molar-refractivity contribution >= 4 is 6.29 Å². The Labute approximate surface area is 110 Å². The van der Waals surface area contributed by atoms with Gasteiger partial charge < -0.3 is 14.2 Å². The number of methoxy groups -OCH3 is 2. The lowest BCUT2D eigenvalue weighted by atomic mass is 10.3. The van der Waals surface area contributed by atoms with Crippen LogP contribution in [-0.4, -0.2) is 25.5 Å². The summed E-state index contributed by atoms with van der Waals surface area (Å²) < 4.78 is 15.9. The first-order valence-electron chi connectivity index (χ1n) is 5.58. The van der Waals surface area contributed by atoms with Crippen molar-refractivity contribution in [3.8, 4) is 23.1 Å². The number of pyridine rings is 1. The fourth-order valence-electron chi connectivity index (χ4n) is 1.49. The number of benzene rings is 1. The van der Waals surface area contributed by atoms with Crippen molar-refractivity contribution in [3.63, 3.8) is 0 Å². The molecule has 0 aliphatic heterocycles. The van der Waals surface area contributed by atoms with E-state index >= 15 is 0 Å². The summed E-state index contributed by atoms with van der Waals surface area (Å²) in [6, 6.07) is 8.46. The number of hydrogen-bond donors (Lipinski definition) is 0. The Morgan fingerprint density at radius 2 is 1.89 bits per heavy atom. The molecule has 0 atom stereocenters. The van der Waals surface area contributed by atoms with Crippen LogP contribution >= 0.6 is 0 Å². The van der Waals surface area contributed by atoms with Crippen molar-refractivity contribution in [3.05, 3.63) is 42.1 Å². The maximum atomic E-state index is 10.5. The Morgan fingerprint density at radius 3 is 2.47 bits per heavy atom. The average Bonchev–Trinajstić information content (AvgIpc) is 2.48. The highest BCUT2D eigenvalue weighted by Crippen LogP contribution is 2.33. The number of carbonyl (C=O) groups excluding carboxylic acids is 1. The number of nitrogens with zero attached hydrogens (tertiary/aromatic N) is 1. The lowest BCUT2D eigenvalue weighted by Gasteiger charge is -2.10. The summed E-state index contributed by atoms with van der Waals surface area (Å²) in [5.74, 6) is 2.12. The maximum absolute atomic E-state index is 10.5. The van der Waals surface area contributed by atoms with E-state index in [2.05, 4.69) is 4.98 Å². The molecule has 1 aromatic heterocycles. The van der Waals surface area contributed by atoms with Gasteiger partial charge in [-0.25, -0.2) is 4.98 Å². The van der Waals surface area contributed by atoms with Crippen LogP contribution in [0.5, 0.6) is 23.1 Å². The quantitative estimate of drug-likeness (QED) is 0.773. The SMILES string of the molecule is COc1ccc(Oc2ccc(C=O)cn2)c(OC)c1. The third-order valence-corrected chi connectivity index (χ3v) is 2.48. The highest BCUT2D eigenvalue weighted by Gasteiger charge is 2.08. The van der Waals surface area contributed by atoms with E-state index in [-0.39, 0.29) is 0 Å². The fourth-order valence-corrected chi connectivity index (χ4v) is 1.49. The first-order valence-corrected chi connectivity index (χ1v) is 5.58. The molecule has 1 heterocycles. The smallest absolute Gasteiger partial charge is 0.219 e. The Hall–Kier alpha value is -2.56. The van der Waals surface area contributed by atoms with Crippen LogP contribution in [-0.2, 0) is 0 Å². The average molecular weight is 259 g/mol. The Morgan fingerprint density at radius 1 is 1.05 bits per heavy atom. The zero-order valence-corrected chi connectivity index (χ0v) is 10.6. The van der Waals surface area contributed by atoms with Gasteiger partial charge in [-0.05, 0) is 18.2 Å². The van der Waals surface area contributed by atoms with Crippen LogP contribution in [0.4, 0.5) is 0 Å². The van der Waals surface area contributed by atoms with Gasteiger partial charge in [-0.3, -0.25) is 4.79 Å². The molecule has 0 N–H and O–H groups in total. The molecule has 0 aliphatic rings. The van der Waals surface area contributed by atoms with Crippen LogP contribution in [0.2, 0.25) is 0 Å². The molecule has 19 heavy (non-hydrogen) atoms. The molecule has 0 saturated carbocycles. The monoisotopic (exact) mass is 259 g/mol. The molecule has 0 aliphatic carbocycles. The first-order chi connectivity index (χ1) is 9.26. The lowest BCUT2D eigenvalue weighted by molar-refractivity contribution is 0.112. The third-order valence-electron chi connectivity index (χ3n) is 2.48. The fraction of sp³-hybridized carbons (Fsp3) is 0.143. The topological polar surface area (TPSA) is 57.7 Å². The molecule has 5 nitrogen and oxygen atoms in total. The van der Waals surface area contributed by atoms with E-state index in [0.717, 1.165) is 6.29 Å². The van der Waals surface area contributed by atoms with Gasteiger partial charge >= 0.3 is 0 Å². The first kappa shape index (κ1) is 12.9. The number of ether oxygens (including phenoxy) is 3. The van der Waals surface area contributed by atoms with E-state index in [1.807, 2.05) is 0 Å². The van der Waals surface area contributed by atoms with Crippen LogP contribution in [0, 0.1) is 0 Å². The highest BCUT2D eigenvalue weighted by molar-refractivity contribution is 5.74. The van der Waals surface area contributed by atoms with E-state index in [4.69, 9.17) is 14.2 Å². The van der Waals surface area contributed by atoms with Gasteiger partial charge in [0.1, 0.15) is 5.75 Å². The van der Waals surface area contributed by atoms with E-state index in [0.29, 0.717) is 28.7 Å². The molecule has 5 heteroatoms. The molecule has 0 bridgehead atoms. The normalized spacial score (nSPS) is 9.79. The van der Waals surface area contributed by atoms with Gasteiger partial charge in [-0.1, -0.05) is 0 Å². The number of rotatable bonds is 5. The summed E-state index contributed by atoms with van der Waals surface area (Å²) in [5.41, 5.74) is 0.494. The van der Waals surface area contributed by atoms with E-state index in [1.54, 1.807) is 44.6 Å². The van der Waals surface area contributed by atoms with Crippen molar-refractivity contribution in [2.45, 2.75) is 0 Å². The Bertz CT molecular complexity index is 566. The number of carbonyl (C=O) groups is 1. The molecule has 0 unspecified atom stereocenters. The zero-order chi connectivity index (χ0) is 13.7. The lowest BCUT2D eigenvalue weighted by Crippen LogP contribution is -1.93. The summed E-state index contributed by atoms with van der Waals surface area (Å²) in [6.45, 7) is 0. The van der Waals surface area contributed by atoms with Crippen LogP contribution in [0.3, 0.4) is 0 Å². The minimum atomic E-state index is 0.383. The largest absolute Gasteiger partial charge is 0.497 e. The summed E-state index contributed by atoms with van der Waals surface area (Å²) in [5, 5.41) is 0. The number of aromatic nitrogens is 1. The standard InChI is InChI=1S/C14H13NO4/c1-17-11-4-5-12(13(7-11)18-2)19-14-6-3-10(9-16)8-15-14/h3-9H,1-2H3. The van der Waals surface area contributed by atoms with Crippen molar-refractivity contribution in [1.82, 2.24) is 4.98 Å². The van der Waals surface area contributed by atoms with E-state index in [9.17, 15) is 4.79 Å². The van der Waals surface area contributed by atoms with Crippen LogP contribution in [0.15, 0.2) is 36.5 Å². The number of aldehydes is 1. The number of hydrogen-bond acceptors (Lipinski definition) is 5. The predicted molar refractivity (Wildman–Crippen MR) is 69.2 cm³/mol. The molecule has 2 aromatic rings. The minimum absolute atomic E-state index is 0.383. The Balaban J connectivity index is 2.24. The second-order valence-corrected chi connectivity index (χ2v) is 3.67. The van der Waals surface area contributed by atoms with Gasteiger partial charge in [0.25, 0.3) is 0 Å². The van der Waals surface area contributed by atoms with Crippen molar-refractivity contribution in [2.24, 2.45) is 0 Å². The summed E-state index contributed by atoms with van der Waals surface area (Å²) >= 11 is 0. The van der Waals surface area contributed by atoms with E-state index in [1.165, 1.54) is 6.20 Å². The molecule has 0 amide bonds. The van der Waals surface area contributed by atoms with Crippen LogP contribution in [0.25, 0.3) is 0 Å². The molecule has 0 fully saturated rings. The van der Waals surface area contributed by atoms with Crippen molar-refractivity contribution in [2.75, 3.05) is 14.2 Å². The highest BCUT2D eigenvalue weighted by atomic mass is 16.5. The molecule has 0 saturated heterocycles. The zero-order valence-electron chi connectivity index (χ0n) is 10.6. The van der Waals surface area contributed by atoms with Gasteiger partial charge in [-0.15, -0.1) is 0 Å². The summed E-state index contributed by atoms with van der Waals surface area (Å²) in [7, 11) is 3.12. The maximum Gasteiger partial charge on any atom is 0.219 e. The van der Waals surface area contributed by atoms with Gasteiger partial charge in [0, 0.05) is 23.9 Å². The second kappa shape index (κ2) is 5.86. The summed E-state index contributed by atoms with van der Waals surface area (Å²) in [4.78, 5) is 14.6. The van der Waals surface area contributed by atoms with Gasteiger partial charge in [0.05, 0.1) is 14.2 Å². The molecule has 2 rings (SSSR count). The third kappa shape index (κ3) is 3.01. The van der Waals surface area contributed by atoms with Crippen molar-refractivity contribution < 1.29 is 19.0 Å². The molecular formula is C14H13NO4. The molecule has 0 spiro atoms. The van der Waals surface area contributed by atoms with Gasteiger partial charge in [-0.2, -0.15) is 0 Å². The molecule has 98 valence electrons. The van der Waals surface area contributed by atoms with Crippen LogP contribution in [0.1, 0.15) is 10.4 Å². The molecular weight excluding hydrogens is 246 g/mol. The predicted octanol–water partition coefficient (Wildman–Crippen LogP) is 2.70. The summed E-state index contributed by atoms with van der Waals surface area (Å²) in [6.07, 6.45) is 2.17. The van der Waals surface area contributed by atoms with Gasteiger partial charge in [0.15, 0.2) is 17.8 Å². The van der Waals surface area contributed by atoms with Crippen LogP contribution < -0.4 is 14.2 Å². The van der Waals surface area contributed by atoms with Gasteiger partial charge in [0.2, 0.25) is 5.88 Å². The molecule has 0 radical (unpaired) electrons.